The molecule has 1 heterocycles. The zero-order valence-corrected chi connectivity index (χ0v) is 20.0. The van der Waals surface area contributed by atoms with Gasteiger partial charge in [0, 0.05) is 23.9 Å². The van der Waals surface area contributed by atoms with E-state index >= 15 is 0 Å². The normalized spacial score (nSPS) is 18.4. The molecule has 0 bridgehead atoms. The lowest BCUT2D eigenvalue weighted by atomic mass is 9.92. The van der Waals surface area contributed by atoms with E-state index < -0.39 is 35.3 Å². The van der Waals surface area contributed by atoms with Crippen molar-refractivity contribution in [1.29, 1.82) is 0 Å². The number of nitrogens with one attached hydrogen (secondary N) is 2. The van der Waals surface area contributed by atoms with E-state index in [2.05, 4.69) is 10.7 Å². The van der Waals surface area contributed by atoms with E-state index in [4.69, 9.17) is 17.3 Å². The number of nitrogens with two attached hydrogens (primary N) is 1. The average Bonchev–Trinajstić information content (AvgIpc) is 3.13. The van der Waals surface area contributed by atoms with E-state index in [9.17, 15) is 24.3 Å². The molecule has 1 fully saturated rings. The highest BCUT2D eigenvalue weighted by molar-refractivity contribution is 6.30. The Labute approximate surface area is 199 Å². The Balaban J connectivity index is 2.21. The molecule has 1 aromatic carbocycles. The number of carbonyl (C=O) groups is 4. The van der Waals surface area contributed by atoms with Crippen LogP contribution in [0.3, 0.4) is 0 Å². The Hall–Kier alpha value is -2.65. The maximum atomic E-state index is 13.0. The van der Waals surface area contributed by atoms with Crippen molar-refractivity contribution in [2.45, 2.75) is 64.5 Å². The molecule has 3 atom stereocenters. The van der Waals surface area contributed by atoms with Gasteiger partial charge >= 0.3 is 0 Å². The Morgan fingerprint density at radius 1 is 1.30 bits per heavy atom. The predicted octanol–water partition coefficient (Wildman–Crippen LogP) is 1.61. The Kier molecular flexibility index (Phi) is 9.25. The maximum absolute atomic E-state index is 13.0. The van der Waals surface area contributed by atoms with Gasteiger partial charge in [-0.2, -0.15) is 0 Å². The Morgan fingerprint density at radius 3 is 2.45 bits per heavy atom. The highest BCUT2D eigenvalue weighted by atomic mass is 35.5. The number of carbonyl (C=O) groups excluding carboxylic acids is 4. The number of aliphatic hydroxyl groups is 1. The van der Waals surface area contributed by atoms with Crippen molar-refractivity contribution in [1.82, 2.24) is 15.8 Å². The topological polar surface area (TPSA) is 142 Å². The predicted molar refractivity (Wildman–Crippen MR) is 123 cm³/mol. The fourth-order valence-electron chi connectivity index (χ4n) is 3.73. The van der Waals surface area contributed by atoms with Crippen LogP contribution < -0.4 is 16.5 Å². The SMILES string of the molecule is CC(C)CCC(=O)N(NC(=O)CC(C)(O)c1ccc(Cl)cc1)[C@@H](C[C@@H]1CCNC1=O)C(N)=O. The van der Waals surface area contributed by atoms with Gasteiger partial charge < -0.3 is 16.2 Å². The van der Waals surface area contributed by atoms with Crippen LogP contribution in [0.5, 0.6) is 0 Å². The second-order valence-corrected chi connectivity index (χ2v) is 9.56. The lowest BCUT2D eigenvalue weighted by Gasteiger charge is -2.32. The van der Waals surface area contributed by atoms with Gasteiger partial charge in [-0.25, -0.2) is 5.01 Å². The first-order valence-corrected chi connectivity index (χ1v) is 11.5. The lowest BCUT2D eigenvalue weighted by Crippen LogP contribution is -2.57. The molecule has 1 aromatic rings. The van der Waals surface area contributed by atoms with Crippen LogP contribution in [0.4, 0.5) is 0 Å². The van der Waals surface area contributed by atoms with Gasteiger partial charge in [-0.1, -0.05) is 37.6 Å². The molecule has 1 unspecified atom stereocenters. The van der Waals surface area contributed by atoms with Gasteiger partial charge in [0.05, 0.1) is 12.0 Å². The smallest absolute Gasteiger partial charge is 0.242 e. The number of nitrogens with zero attached hydrogens (tertiary/aromatic N) is 1. The van der Waals surface area contributed by atoms with Gasteiger partial charge in [-0.05, 0) is 49.8 Å². The number of hydrogen-bond donors (Lipinski definition) is 4. The minimum atomic E-state index is -1.55. The van der Waals surface area contributed by atoms with Gasteiger partial charge in [-0.15, -0.1) is 0 Å². The molecule has 1 aliphatic heterocycles. The molecule has 1 saturated heterocycles. The standard InChI is InChI=1S/C23H33ClN4O5/c1-14(2)4-9-20(30)28(18(21(25)31)12-15-10-11-26-22(15)32)27-19(29)13-23(3,33)16-5-7-17(24)8-6-16/h5-8,14-15,18,33H,4,9-13H2,1-3H3,(H2,25,31)(H,26,32)(H,27,29)/t15-,18-,23?/m0/s1. The highest BCUT2D eigenvalue weighted by Crippen LogP contribution is 2.26. The van der Waals surface area contributed by atoms with Crippen molar-refractivity contribution in [2.24, 2.45) is 17.6 Å². The number of hydrazine groups is 1. The number of amides is 4. The molecule has 10 heteroatoms. The van der Waals surface area contributed by atoms with Gasteiger partial charge in [0.15, 0.2) is 0 Å². The van der Waals surface area contributed by atoms with Crippen LogP contribution in [0.15, 0.2) is 24.3 Å². The van der Waals surface area contributed by atoms with Crippen LogP contribution >= 0.6 is 11.6 Å². The van der Waals surface area contributed by atoms with Crippen molar-refractivity contribution >= 4 is 35.2 Å². The molecule has 1 aliphatic rings. The van der Waals surface area contributed by atoms with E-state index in [0.29, 0.717) is 30.0 Å². The first-order chi connectivity index (χ1) is 15.4. The summed E-state index contributed by atoms with van der Waals surface area (Å²) in [6, 6.07) is 5.21. The maximum Gasteiger partial charge on any atom is 0.242 e. The van der Waals surface area contributed by atoms with Crippen LogP contribution in [-0.4, -0.2) is 46.3 Å². The third kappa shape index (κ3) is 7.71. The fraction of sp³-hybridized carbons (Fsp3) is 0.565. The molecular formula is C23H33ClN4O5. The fourth-order valence-corrected chi connectivity index (χ4v) is 3.86. The minimum absolute atomic E-state index is 0.00242. The number of benzene rings is 1. The van der Waals surface area contributed by atoms with Gasteiger partial charge in [0.2, 0.25) is 23.6 Å². The van der Waals surface area contributed by atoms with Gasteiger partial charge in [-0.3, -0.25) is 24.6 Å². The van der Waals surface area contributed by atoms with Crippen LogP contribution in [-0.2, 0) is 24.8 Å². The van der Waals surface area contributed by atoms with Crippen molar-refractivity contribution in [2.75, 3.05) is 6.54 Å². The number of rotatable bonds is 10. The molecule has 182 valence electrons. The number of primary amides is 1. The van der Waals surface area contributed by atoms with E-state index in [0.717, 1.165) is 5.01 Å². The van der Waals surface area contributed by atoms with Crippen molar-refractivity contribution in [3.8, 4) is 0 Å². The second kappa shape index (κ2) is 11.5. The second-order valence-electron chi connectivity index (χ2n) is 9.12. The average molecular weight is 481 g/mol. The zero-order chi connectivity index (χ0) is 24.8. The van der Waals surface area contributed by atoms with E-state index in [-0.39, 0.29) is 31.1 Å². The summed E-state index contributed by atoms with van der Waals surface area (Å²) in [5, 5.41) is 15.0. The molecule has 0 saturated carbocycles. The summed E-state index contributed by atoms with van der Waals surface area (Å²) in [6.45, 7) is 5.85. The highest BCUT2D eigenvalue weighted by Gasteiger charge is 2.37. The van der Waals surface area contributed by atoms with Crippen LogP contribution in [0.2, 0.25) is 5.02 Å². The molecule has 2 rings (SSSR count). The number of halogens is 1. The zero-order valence-electron chi connectivity index (χ0n) is 19.3. The van der Waals surface area contributed by atoms with E-state index in [1.807, 2.05) is 13.8 Å². The molecule has 4 amide bonds. The van der Waals surface area contributed by atoms with Crippen LogP contribution in [0.1, 0.15) is 58.4 Å². The summed E-state index contributed by atoms with van der Waals surface area (Å²) in [5.41, 5.74) is 6.98. The van der Waals surface area contributed by atoms with Gasteiger partial charge in [0.1, 0.15) is 6.04 Å². The van der Waals surface area contributed by atoms with Crippen molar-refractivity contribution < 1.29 is 24.3 Å². The molecule has 9 nitrogen and oxygen atoms in total. The van der Waals surface area contributed by atoms with Crippen LogP contribution in [0, 0.1) is 11.8 Å². The molecule has 33 heavy (non-hydrogen) atoms. The van der Waals surface area contributed by atoms with Crippen LogP contribution in [0.25, 0.3) is 0 Å². The summed E-state index contributed by atoms with van der Waals surface area (Å²) in [7, 11) is 0. The van der Waals surface area contributed by atoms with E-state index in [1.165, 1.54) is 6.92 Å². The van der Waals surface area contributed by atoms with E-state index in [1.54, 1.807) is 24.3 Å². The Bertz CT molecular complexity index is 872. The molecule has 0 radical (unpaired) electrons. The third-order valence-corrected chi connectivity index (χ3v) is 5.98. The molecule has 0 aliphatic carbocycles. The van der Waals surface area contributed by atoms with Crippen molar-refractivity contribution in [3.05, 3.63) is 34.9 Å². The monoisotopic (exact) mass is 480 g/mol. The largest absolute Gasteiger partial charge is 0.385 e. The summed E-state index contributed by atoms with van der Waals surface area (Å²) in [4.78, 5) is 50.2. The molecule has 0 aromatic heterocycles. The summed E-state index contributed by atoms with van der Waals surface area (Å²) in [5.74, 6) is -2.45. The van der Waals surface area contributed by atoms with Gasteiger partial charge in [0.25, 0.3) is 0 Å². The lowest BCUT2D eigenvalue weighted by molar-refractivity contribution is -0.151. The Morgan fingerprint density at radius 2 is 1.94 bits per heavy atom. The first kappa shape index (κ1) is 26.6. The summed E-state index contributed by atoms with van der Waals surface area (Å²) in [6.07, 6.45) is 0.769. The summed E-state index contributed by atoms with van der Waals surface area (Å²) < 4.78 is 0. The first-order valence-electron chi connectivity index (χ1n) is 11.1. The van der Waals surface area contributed by atoms with Crippen molar-refractivity contribution in [3.63, 3.8) is 0 Å². The quantitative estimate of drug-likeness (QED) is 0.376. The summed E-state index contributed by atoms with van der Waals surface area (Å²) >= 11 is 5.89. The molecule has 5 N–H and O–H groups in total. The molecular weight excluding hydrogens is 448 g/mol. The third-order valence-electron chi connectivity index (χ3n) is 5.73. The molecule has 0 spiro atoms. The number of hydrogen-bond acceptors (Lipinski definition) is 5. The minimum Gasteiger partial charge on any atom is -0.385 e.